The van der Waals surface area contributed by atoms with E-state index in [4.69, 9.17) is 0 Å². The first kappa shape index (κ1) is 14.9. The van der Waals surface area contributed by atoms with Gasteiger partial charge in [0.05, 0.1) is 12.1 Å². The van der Waals surface area contributed by atoms with Gasteiger partial charge in [0.25, 0.3) is 0 Å². The lowest BCUT2D eigenvalue weighted by Crippen LogP contribution is -2.45. The molecule has 3 nitrogen and oxygen atoms in total. The Morgan fingerprint density at radius 3 is 2.80 bits per heavy atom. The molecule has 5 heteroatoms. The van der Waals surface area contributed by atoms with Crippen LogP contribution in [0, 0.1) is 11.6 Å². The fourth-order valence-corrected chi connectivity index (χ4v) is 2.54. The van der Waals surface area contributed by atoms with Gasteiger partial charge in [-0.2, -0.15) is 0 Å². The zero-order valence-electron chi connectivity index (χ0n) is 11.2. The number of carbonyl (C=O) groups is 1. The van der Waals surface area contributed by atoms with Gasteiger partial charge in [-0.25, -0.2) is 8.78 Å². The van der Waals surface area contributed by atoms with Crippen molar-refractivity contribution >= 4 is 5.91 Å². The molecule has 0 spiro atoms. The molecule has 0 bridgehead atoms. The number of aliphatic hydroxyl groups excluding tert-OH is 1. The highest BCUT2D eigenvalue weighted by atomic mass is 19.1. The SMILES string of the molecule is O=C(CCc1cc(F)ccc1F)NC1CCCCC1O. The van der Waals surface area contributed by atoms with Crippen LogP contribution in [0.2, 0.25) is 0 Å². The maximum Gasteiger partial charge on any atom is 0.220 e. The summed E-state index contributed by atoms with van der Waals surface area (Å²) < 4.78 is 26.4. The molecule has 110 valence electrons. The van der Waals surface area contributed by atoms with Crippen LogP contribution >= 0.6 is 0 Å². The monoisotopic (exact) mass is 283 g/mol. The molecular weight excluding hydrogens is 264 g/mol. The first-order chi connectivity index (χ1) is 9.56. The minimum absolute atomic E-state index is 0.0869. The van der Waals surface area contributed by atoms with E-state index in [2.05, 4.69) is 5.32 Å². The lowest BCUT2D eigenvalue weighted by Gasteiger charge is -2.28. The van der Waals surface area contributed by atoms with Crippen molar-refractivity contribution < 1.29 is 18.7 Å². The second-order valence-electron chi connectivity index (χ2n) is 5.26. The van der Waals surface area contributed by atoms with Gasteiger partial charge >= 0.3 is 0 Å². The Hall–Kier alpha value is -1.49. The number of halogens is 2. The first-order valence-corrected chi connectivity index (χ1v) is 6.97. The van der Waals surface area contributed by atoms with Gasteiger partial charge in [0.15, 0.2) is 0 Å². The zero-order valence-corrected chi connectivity index (χ0v) is 11.2. The predicted octanol–water partition coefficient (Wildman–Crippen LogP) is 2.32. The highest BCUT2D eigenvalue weighted by Gasteiger charge is 2.24. The van der Waals surface area contributed by atoms with E-state index in [1.54, 1.807) is 0 Å². The third-order valence-corrected chi connectivity index (χ3v) is 3.71. The lowest BCUT2D eigenvalue weighted by atomic mass is 9.92. The molecule has 0 heterocycles. The molecule has 1 amide bonds. The standard InChI is InChI=1S/C15H19F2NO2/c16-11-6-7-12(17)10(9-11)5-8-15(20)18-13-3-1-2-4-14(13)19/h6-7,9,13-14,19H,1-5,8H2,(H,18,20). The molecule has 1 aromatic carbocycles. The molecule has 1 fully saturated rings. The molecule has 0 aromatic heterocycles. The van der Waals surface area contributed by atoms with E-state index in [9.17, 15) is 18.7 Å². The summed E-state index contributed by atoms with van der Waals surface area (Å²) in [7, 11) is 0. The van der Waals surface area contributed by atoms with E-state index in [1.165, 1.54) is 0 Å². The number of aliphatic hydroxyl groups is 1. The lowest BCUT2D eigenvalue weighted by molar-refractivity contribution is -0.123. The quantitative estimate of drug-likeness (QED) is 0.891. The van der Waals surface area contributed by atoms with Crippen LogP contribution in [-0.2, 0) is 11.2 Å². The third-order valence-electron chi connectivity index (χ3n) is 3.71. The van der Waals surface area contributed by atoms with Gasteiger partial charge in [-0.1, -0.05) is 12.8 Å². The molecule has 20 heavy (non-hydrogen) atoms. The van der Waals surface area contributed by atoms with Crippen LogP contribution in [0.5, 0.6) is 0 Å². The highest BCUT2D eigenvalue weighted by Crippen LogP contribution is 2.18. The van der Waals surface area contributed by atoms with Crippen molar-refractivity contribution in [2.45, 2.75) is 50.7 Å². The number of rotatable bonds is 4. The van der Waals surface area contributed by atoms with Crippen LogP contribution in [-0.4, -0.2) is 23.2 Å². The van der Waals surface area contributed by atoms with Crippen LogP contribution in [0.15, 0.2) is 18.2 Å². The summed E-state index contributed by atoms with van der Waals surface area (Å²) in [5.41, 5.74) is 0.198. The topological polar surface area (TPSA) is 49.3 Å². The van der Waals surface area contributed by atoms with Crippen molar-refractivity contribution in [3.63, 3.8) is 0 Å². The Kier molecular flexibility index (Phi) is 5.06. The van der Waals surface area contributed by atoms with Crippen LogP contribution in [0.25, 0.3) is 0 Å². The Labute approximate surface area is 117 Å². The molecule has 1 aliphatic carbocycles. The van der Waals surface area contributed by atoms with Crippen LogP contribution in [0.1, 0.15) is 37.7 Å². The number of aryl methyl sites for hydroxylation is 1. The molecule has 2 unspecified atom stereocenters. The number of nitrogens with one attached hydrogen (secondary N) is 1. The molecule has 2 N–H and O–H groups in total. The van der Waals surface area contributed by atoms with E-state index >= 15 is 0 Å². The number of carbonyl (C=O) groups excluding carboxylic acids is 1. The summed E-state index contributed by atoms with van der Waals surface area (Å²) in [5, 5.41) is 12.5. The maximum atomic E-state index is 13.4. The fraction of sp³-hybridized carbons (Fsp3) is 0.533. The van der Waals surface area contributed by atoms with Crippen molar-refractivity contribution in [2.24, 2.45) is 0 Å². The summed E-state index contributed by atoms with van der Waals surface area (Å²) in [6.45, 7) is 0. The average molecular weight is 283 g/mol. The number of benzene rings is 1. The van der Waals surface area contributed by atoms with Crippen LogP contribution in [0.4, 0.5) is 8.78 Å². The second kappa shape index (κ2) is 6.79. The summed E-state index contributed by atoms with van der Waals surface area (Å²) in [6, 6.07) is 3.01. The van der Waals surface area contributed by atoms with Gasteiger partial charge in [-0.15, -0.1) is 0 Å². The normalized spacial score (nSPS) is 22.6. The van der Waals surface area contributed by atoms with Gasteiger partial charge < -0.3 is 10.4 Å². The molecule has 0 radical (unpaired) electrons. The summed E-state index contributed by atoms with van der Waals surface area (Å²) in [6.07, 6.45) is 3.16. The Bertz CT molecular complexity index is 479. The minimum atomic E-state index is -0.510. The molecule has 1 saturated carbocycles. The molecule has 2 atom stereocenters. The van der Waals surface area contributed by atoms with Gasteiger partial charge in [-0.05, 0) is 43.0 Å². The van der Waals surface area contributed by atoms with Crippen molar-refractivity contribution in [1.29, 1.82) is 0 Å². The van der Waals surface area contributed by atoms with E-state index < -0.39 is 17.7 Å². The van der Waals surface area contributed by atoms with Crippen LogP contribution in [0.3, 0.4) is 0 Å². The average Bonchev–Trinajstić information content (AvgIpc) is 2.42. The van der Waals surface area contributed by atoms with E-state index in [0.29, 0.717) is 6.42 Å². The largest absolute Gasteiger partial charge is 0.391 e. The van der Waals surface area contributed by atoms with Crippen LogP contribution < -0.4 is 5.32 Å². The van der Waals surface area contributed by atoms with E-state index in [-0.39, 0.29) is 30.4 Å². The Morgan fingerprint density at radius 2 is 2.05 bits per heavy atom. The van der Waals surface area contributed by atoms with E-state index in [1.807, 2.05) is 0 Å². The van der Waals surface area contributed by atoms with Crippen molar-refractivity contribution in [3.8, 4) is 0 Å². The fourth-order valence-electron chi connectivity index (χ4n) is 2.54. The summed E-state index contributed by atoms with van der Waals surface area (Å²) in [4.78, 5) is 11.8. The summed E-state index contributed by atoms with van der Waals surface area (Å²) in [5.74, 6) is -1.25. The third kappa shape index (κ3) is 4.00. The smallest absolute Gasteiger partial charge is 0.220 e. The van der Waals surface area contributed by atoms with Crippen molar-refractivity contribution in [2.75, 3.05) is 0 Å². The minimum Gasteiger partial charge on any atom is -0.391 e. The predicted molar refractivity (Wildman–Crippen MR) is 71.1 cm³/mol. The van der Waals surface area contributed by atoms with E-state index in [0.717, 1.165) is 37.5 Å². The number of hydrogen-bond acceptors (Lipinski definition) is 2. The number of hydrogen-bond donors (Lipinski definition) is 2. The molecular formula is C15H19F2NO2. The van der Waals surface area contributed by atoms with Gasteiger partial charge in [0.1, 0.15) is 11.6 Å². The second-order valence-corrected chi connectivity index (χ2v) is 5.26. The molecule has 2 rings (SSSR count). The molecule has 0 aliphatic heterocycles. The molecule has 1 aromatic rings. The highest BCUT2D eigenvalue weighted by molar-refractivity contribution is 5.76. The first-order valence-electron chi connectivity index (χ1n) is 6.97. The molecule has 1 aliphatic rings. The Morgan fingerprint density at radius 1 is 1.30 bits per heavy atom. The maximum absolute atomic E-state index is 13.4. The van der Waals surface area contributed by atoms with Gasteiger partial charge in [0.2, 0.25) is 5.91 Å². The van der Waals surface area contributed by atoms with Crippen molar-refractivity contribution in [1.82, 2.24) is 5.32 Å². The zero-order chi connectivity index (χ0) is 14.5. The van der Waals surface area contributed by atoms with Crippen molar-refractivity contribution in [3.05, 3.63) is 35.4 Å². The van der Waals surface area contributed by atoms with Gasteiger partial charge in [-0.3, -0.25) is 4.79 Å². The Balaban J connectivity index is 1.84. The summed E-state index contributed by atoms with van der Waals surface area (Å²) >= 11 is 0. The number of amides is 1. The molecule has 0 saturated heterocycles. The van der Waals surface area contributed by atoms with Gasteiger partial charge in [0, 0.05) is 6.42 Å².